The molecule has 0 radical (unpaired) electrons. The van der Waals surface area contributed by atoms with Gasteiger partial charge in [0.2, 0.25) is 10.0 Å². The molecule has 0 unspecified atom stereocenters. The third-order valence-corrected chi connectivity index (χ3v) is 8.78. The number of nitrogens with zero attached hydrogens (tertiary/aromatic N) is 2. The largest absolute Gasteiger partial charge is 0.488 e. The number of aryl methyl sites for hydroxylation is 1. The Bertz CT molecular complexity index is 1070. The van der Waals surface area contributed by atoms with Crippen molar-refractivity contribution in [2.24, 2.45) is 0 Å². The molecule has 1 fully saturated rings. The number of para-hydroxylation sites is 1. The number of benzene rings is 2. The van der Waals surface area contributed by atoms with Crippen LogP contribution in [-0.4, -0.2) is 55.8 Å². The van der Waals surface area contributed by atoms with Crippen LogP contribution in [0.3, 0.4) is 0 Å². The van der Waals surface area contributed by atoms with Gasteiger partial charge in [0.15, 0.2) is 0 Å². The number of ether oxygens (including phenoxy) is 1. The van der Waals surface area contributed by atoms with Gasteiger partial charge in [0.25, 0.3) is 5.91 Å². The fraction of sp³-hybridized carbons (Fsp3) is 0.500. The first-order valence-corrected chi connectivity index (χ1v) is 13.5. The first-order valence-electron chi connectivity index (χ1n) is 12.0. The van der Waals surface area contributed by atoms with Crippen molar-refractivity contribution in [3.63, 3.8) is 0 Å². The summed E-state index contributed by atoms with van der Waals surface area (Å²) in [6.07, 6.45) is 5.48. The maximum absolute atomic E-state index is 13.8. The lowest BCUT2D eigenvalue weighted by molar-refractivity contribution is 0.0658. The molecule has 2 aliphatic rings. The topological polar surface area (TPSA) is 66.9 Å². The zero-order valence-corrected chi connectivity index (χ0v) is 20.4. The van der Waals surface area contributed by atoms with Crippen molar-refractivity contribution < 1.29 is 17.9 Å². The first-order chi connectivity index (χ1) is 15.9. The van der Waals surface area contributed by atoms with E-state index in [1.54, 1.807) is 34.5 Å². The van der Waals surface area contributed by atoms with Gasteiger partial charge in [-0.1, -0.05) is 37.6 Å². The fourth-order valence-electron chi connectivity index (χ4n) is 4.87. The molecule has 178 valence electrons. The SMILES string of the molecule is CCc1ccc(S(=O)(=O)N2CCCCN(C)C(=O)c3ccccc3O[C@H]3CCCC[C@H]32)cc1. The van der Waals surface area contributed by atoms with Crippen molar-refractivity contribution in [1.29, 1.82) is 0 Å². The van der Waals surface area contributed by atoms with E-state index in [9.17, 15) is 13.2 Å². The Morgan fingerprint density at radius 1 is 0.939 bits per heavy atom. The maximum Gasteiger partial charge on any atom is 0.257 e. The number of amides is 1. The lowest BCUT2D eigenvalue weighted by atomic mass is 9.92. The Hall–Kier alpha value is -2.38. The smallest absolute Gasteiger partial charge is 0.257 e. The standard InChI is InChI=1S/C26H34N2O4S/c1-3-20-14-16-21(17-15-20)33(30,31)28-19-9-8-18-27(2)26(29)22-10-4-6-12-24(22)32-25-13-7-5-11-23(25)28/h4,6,10,12,14-17,23,25H,3,5,7-9,11,13,18-19H2,1-2H3/t23-,25+/m1/s1. The second-order valence-corrected chi connectivity index (χ2v) is 10.9. The highest BCUT2D eigenvalue weighted by molar-refractivity contribution is 7.89. The Balaban J connectivity index is 1.72. The van der Waals surface area contributed by atoms with Crippen LogP contribution in [0.15, 0.2) is 53.4 Å². The van der Waals surface area contributed by atoms with Gasteiger partial charge in [-0.2, -0.15) is 4.31 Å². The second-order valence-electron chi connectivity index (χ2n) is 9.05. The predicted molar refractivity (Wildman–Crippen MR) is 129 cm³/mol. The summed E-state index contributed by atoms with van der Waals surface area (Å²) in [6, 6.07) is 14.3. The second kappa shape index (κ2) is 10.3. The zero-order chi connectivity index (χ0) is 23.4. The molecule has 4 rings (SSSR count). The van der Waals surface area contributed by atoms with Gasteiger partial charge in [0.05, 0.1) is 16.5 Å². The summed E-state index contributed by atoms with van der Waals surface area (Å²) in [4.78, 5) is 15.0. The van der Waals surface area contributed by atoms with E-state index in [1.807, 2.05) is 30.3 Å². The van der Waals surface area contributed by atoms with Crippen molar-refractivity contribution >= 4 is 15.9 Å². The summed E-state index contributed by atoms with van der Waals surface area (Å²) in [7, 11) is -1.89. The molecule has 1 aliphatic carbocycles. The van der Waals surface area contributed by atoms with Gasteiger partial charge >= 0.3 is 0 Å². The average Bonchev–Trinajstić information content (AvgIpc) is 2.83. The van der Waals surface area contributed by atoms with E-state index in [0.717, 1.165) is 44.1 Å². The average molecular weight is 471 g/mol. The maximum atomic E-state index is 13.8. The first kappa shape index (κ1) is 23.8. The molecular weight excluding hydrogens is 436 g/mol. The summed E-state index contributed by atoms with van der Waals surface area (Å²) in [6.45, 7) is 3.05. The predicted octanol–water partition coefficient (Wildman–Crippen LogP) is 4.50. The van der Waals surface area contributed by atoms with Gasteiger partial charge in [0, 0.05) is 20.1 Å². The van der Waals surface area contributed by atoms with E-state index in [0.29, 0.717) is 35.7 Å². The summed E-state index contributed by atoms with van der Waals surface area (Å²) in [5.41, 5.74) is 1.65. The highest BCUT2D eigenvalue weighted by Crippen LogP contribution is 2.33. The van der Waals surface area contributed by atoms with Crippen molar-refractivity contribution in [3.8, 4) is 5.75 Å². The van der Waals surface area contributed by atoms with Crippen LogP contribution in [0, 0.1) is 0 Å². The summed E-state index contributed by atoms with van der Waals surface area (Å²) in [5.74, 6) is 0.482. The van der Waals surface area contributed by atoms with Gasteiger partial charge in [-0.05, 0) is 68.4 Å². The van der Waals surface area contributed by atoms with Crippen molar-refractivity contribution in [2.45, 2.75) is 68.9 Å². The van der Waals surface area contributed by atoms with Crippen LogP contribution < -0.4 is 4.74 Å². The highest BCUT2D eigenvalue weighted by atomic mass is 32.2. The minimum absolute atomic E-state index is 0.0565. The molecule has 0 saturated heterocycles. The van der Waals surface area contributed by atoms with Crippen molar-refractivity contribution in [3.05, 3.63) is 59.7 Å². The molecule has 33 heavy (non-hydrogen) atoms. The lowest BCUT2D eigenvalue weighted by Crippen LogP contribution is -2.51. The summed E-state index contributed by atoms with van der Waals surface area (Å²) < 4.78 is 35.8. The van der Waals surface area contributed by atoms with Crippen LogP contribution >= 0.6 is 0 Å². The van der Waals surface area contributed by atoms with E-state index in [2.05, 4.69) is 6.92 Å². The van der Waals surface area contributed by atoms with Crippen LogP contribution in [0.2, 0.25) is 0 Å². The molecule has 0 N–H and O–H groups in total. The Kier molecular flexibility index (Phi) is 7.39. The van der Waals surface area contributed by atoms with E-state index in [1.165, 1.54) is 0 Å². The van der Waals surface area contributed by atoms with Crippen LogP contribution in [0.1, 0.15) is 61.4 Å². The number of sulfonamides is 1. The summed E-state index contributed by atoms with van der Waals surface area (Å²) >= 11 is 0. The van der Waals surface area contributed by atoms with Crippen LogP contribution in [0.25, 0.3) is 0 Å². The summed E-state index contributed by atoms with van der Waals surface area (Å²) in [5, 5.41) is 0. The van der Waals surface area contributed by atoms with Crippen molar-refractivity contribution in [2.75, 3.05) is 20.1 Å². The van der Waals surface area contributed by atoms with Gasteiger partial charge < -0.3 is 9.64 Å². The minimum atomic E-state index is -3.67. The number of carbonyl (C=O) groups excluding carboxylic acids is 1. The van der Waals surface area contributed by atoms with E-state index >= 15 is 0 Å². The van der Waals surface area contributed by atoms with Crippen LogP contribution in [0.4, 0.5) is 0 Å². The monoisotopic (exact) mass is 470 g/mol. The number of carbonyl (C=O) groups is 1. The molecule has 0 aromatic heterocycles. The van der Waals surface area contributed by atoms with E-state index in [-0.39, 0.29) is 18.1 Å². The van der Waals surface area contributed by atoms with Crippen molar-refractivity contribution in [1.82, 2.24) is 9.21 Å². The molecule has 0 spiro atoms. The van der Waals surface area contributed by atoms with Crippen LogP contribution in [0.5, 0.6) is 5.75 Å². The molecular formula is C26H34N2O4S. The molecule has 7 heteroatoms. The van der Waals surface area contributed by atoms with E-state index in [4.69, 9.17) is 4.74 Å². The third kappa shape index (κ3) is 5.09. The molecule has 2 atom stereocenters. The molecule has 2 aromatic rings. The van der Waals surface area contributed by atoms with Gasteiger partial charge in [-0.15, -0.1) is 0 Å². The Morgan fingerprint density at radius 2 is 1.64 bits per heavy atom. The molecule has 1 amide bonds. The zero-order valence-electron chi connectivity index (χ0n) is 19.6. The van der Waals surface area contributed by atoms with Gasteiger partial charge in [-0.25, -0.2) is 8.42 Å². The highest BCUT2D eigenvalue weighted by Gasteiger charge is 2.39. The number of fused-ring (bicyclic) bond motifs is 2. The Morgan fingerprint density at radius 3 is 2.39 bits per heavy atom. The molecule has 0 bridgehead atoms. The molecule has 6 nitrogen and oxygen atoms in total. The molecule has 1 aliphatic heterocycles. The van der Waals surface area contributed by atoms with Gasteiger partial charge in [-0.3, -0.25) is 4.79 Å². The lowest BCUT2D eigenvalue weighted by Gasteiger charge is -2.39. The van der Waals surface area contributed by atoms with E-state index < -0.39 is 10.0 Å². The number of hydrogen-bond donors (Lipinski definition) is 0. The quantitative estimate of drug-likeness (QED) is 0.663. The number of hydrogen-bond acceptors (Lipinski definition) is 4. The minimum Gasteiger partial charge on any atom is -0.488 e. The normalized spacial score (nSPS) is 23.0. The fourth-order valence-corrected chi connectivity index (χ4v) is 6.59. The van der Waals surface area contributed by atoms with Gasteiger partial charge in [0.1, 0.15) is 11.9 Å². The number of rotatable bonds is 3. The molecule has 1 heterocycles. The van der Waals surface area contributed by atoms with Crippen LogP contribution in [-0.2, 0) is 16.4 Å². The Labute approximate surface area is 197 Å². The molecule has 1 saturated carbocycles. The molecule has 2 aromatic carbocycles. The third-order valence-electron chi connectivity index (χ3n) is 6.84.